The monoisotopic (exact) mass is 303 g/mol. The van der Waals surface area contributed by atoms with Gasteiger partial charge in [-0.05, 0) is 30.9 Å². The fourth-order valence-electron chi connectivity index (χ4n) is 2.53. The fraction of sp³-hybridized carbons (Fsp3) is 0.529. The Kier molecular flexibility index (Phi) is 4.86. The molecule has 0 aliphatic carbocycles. The number of amides is 1. The van der Waals surface area contributed by atoms with Gasteiger partial charge in [-0.25, -0.2) is 0 Å². The van der Waals surface area contributed by atoms with E-state index in [1.807, 2.05) is 25.1 Å². The van der Waals surface area contributed by atoms with E-state index in [1.54, 1.807) is 4.90 Å². The SMILES string of the molecule is Cc1ccc2[nH]nc(C(=O)N(CCCO)CC(C)(C)C)c2c1. The molecule has 0 spiro atoms. The summed E-state index contributed by atoms with van der Waals surface area (Å²) in [7, 11) is 0. The van der Waals surface area contributed by atoms with Crippen molar-refractivity contribution in [3.63, 3.8) is 0 Å². The van der Waals surface area contributed by atoms with Crippen LogP contribution in [0.5, 0.6) is 0 Å². The lowest BCUT2D eigenvalue weighted by Gasteiger charge is -2.29. The van der Waals surface area contributed by atoms with Crippen molar-refractivity contribution in [3.8, 4) is 0 Å². The maximum Gasteiger partial charge on any atom is 0.275 e. The summed E-state index contributed by atoms with van der Waals surface area (Å²) in [5, 5.41) is 17.1. The van der Waals surface area contributed by atoms with Crippen molar-refractivity contribution in [2.24, 2.45) is 5.41 Å². The smallest absolute Gasteiger partial charge is 0.275 e. The van der Waals surface area contributed by atoms with Crippen LogP contribution in [0.2, 0.25) is 0 Å². The minimum Gasteiger partial charge on any atom is -0.396 e. The second-order valence-electron chi connectivity index (χ2n) is 6.99. The Balaban J connectivity index is 2.33. The van der Waals surface area contributed by atoms with Gasteiger partial charge in [0.1, 0.15) is 0 Å². The summed E-state index contributed by atoms with van der Waals surface area (Å²) in [6.45, 7) is 9.53. The molecule has 0 unspecified atom stereocenters. The summed E-state index contributed by atoms with van der Waals surface area (Å²) >= 11 is 0. The van der Waals surface area contributed by atoms with Crippen molar-refractivity contribution in [2.75, 3.05) is 19.7 Å². The number of aliphatic hydroxyl groups excluding tert-OH is 1. The van der Waals surface area contributed by atoms with Crippen LogP contribution in [0.1, 0.15) is 43.2 Å². The Morgan fingerprint density at radius 2 is 2.09 bits per heavy atom. The van der Waals surface area contributed by atoms with Crippen LogP contribution in [-0.4, -0.2) is 45.8 Å². The molecule has 1 aromatic carbocycles. The summed E-state index contributed by atoms with van der Waals surface area (Å²) in [5.41, 5.74) is 2.42. The number of aromatic amines is 1. The minimum atomic E-state index is -0.0831. The number of hydrogen-bond donors (Lipinski definition) is 2. The van der Waals surface area contributed by atoms with Gasteiger partial charge in [-0.1, -0.05) is 32.4 Å². The molecule has 22 heavy (non-hydrogen) atoms. The predicted octanol–water partition coefficient (Wildman–Crippen LogP) is 2.74. The topological polar surface area (TPSA) is 69.2 Å². The van der Waals surface area contributed by atoms with Crippen molar-refractivity contribution in [1.29, 1.82) is 0 Å². The second kappa shape index (κ2) is 6.48. The maximum atomic E-state index is 12.9. The predicted molar refractivity (Wildman–Crippen MR) is 87.9 cm³/mol. The average Bonchev–Trinajstić information content (AvgIpc) is 2.84. The van der Waals surface area contributed by atoms with Gasteiger partial charge in [0.15, 0.2) is 5.69 Å². The normalized spacial score (nSPS) is 11.9. The number of H-pyrrole nitrogens is 1. The molecule has 0 aliphatic heterocycles. The van der Waals surface area contributed by atoms with Gasteiger partial charge in [0.05, 0.1) is 5.52 Å². The zero-order chi connectivity index (χ0) is 16.3. The Bertz CT molecular complexity index is 655. The highest BCUT2D eigenvalue weighted by atomic mass is 16.3. The fourth-order valence-corrected chi connectivity index (χ4v) is 2.53. The highest BCUT2D eigenvalue weighted by Gasteiger charge is 2.24. The molecule has 2 aromatic rings. The lowest BCUT2D eigenvalue weighted by molar-refractivity contribution is 0.0678. The van der Waals surface area contributed by atoms with Crippen molar-refractivity contribution in [2.45, 2.75) is 34.1 Å². The number of aromatic nitrogens is 2. The van der Waals surface area contributed by atoms with Crippen LogP contribution in [0.15, 0.2) is 18.2 Å². The number of carbonyl (C=O) groups excluding carboxylic acids is 1. The Hall–Kier alpha value is -1.88. The van der Waals surface area contributed by atoms with Gasteiger partial charge < -0.3 is 10.0 Å². The summed E-state index contributed by atoms with van der Waals surface area (Å²) in [5.74, 6) is -0.0831. The van der Waals surface area contributed by atoms with Gasteiger partial charge in [0.2, 0.25) is 0 Å². The molecular weight excluding hydrogens is 278 g/mol. The molecule has 0 saturated heterocycles. The molecule has 5 heteroatoms. The molecule has 1 heterocycles. The van der Waals surface area contributed by atoms with E-state index in [9.17, 15) is 4.79 Å². The number of aryl methyl sites for hydroxylation is 1. The Morgan fingerprint density at radius 3 is 2.73 bits per heavy atom. The highest BCUT2D eigenvalue weighted by Crippen LogP contribution is 2.22. The van der Waals surface area contributed by atoms with Gasteiger partial charge >= 0.3 is 0 Å². The van der Waals surface area contributed by atoms with E-state index < -0.39 is 0 Å². The third-order valence-corrected chi connectivity index (χ3v) is 3.46. The van der Waals surface area contributed by atoms with E-state index in [0.717, 1.165) is 16.5 Å². The van der Waals surface area contributed by atoms with Crippen molar-refractivity contribution < 1.29 is 9.90 Å². The van der Waals surface area contributed by atoms with E-state index in [4.69, 9.17) is 5.11 Å². The van der Waals surface area contributed by atoms with Crippen LogP contribution in [0.25, 0.3) is 10.9 Å². The molecule has 1 aromatic heterocycles. The van der Waals surface area contributed by atoms with Gasteiger partial charge in [0.25, 0.3) is 5.91 Å². The molecule has 2 N–H and O–H groups in total. The number of aliphatic hydroxyl groups is 1. The van der Waals surface area contributed by atoms with E-state index in [0.29, 0.717) is 25.2 Å². The summed E-state index contributed by atoms with van der Waals surface area (Å²) in [6, 6.07) is 5.91. The number of nitrogens with zero attached hydrogens (tertiary/aromatic N) is 2. The standard InChI is InChI=1S/C17H25N3O2/c1-12-6-7-14-13(10-12)15(19-18-14)16(22)20(8-5-9-21)11-17(2,3)4/h6-7,10,21H,5,8-9,11H2,1-4H3,(H,18,19). The molecule has 1 amide bonds. The van der Waals surface area contributed by atoms with Crippen LogP contribution in [0.3, 0.4) is 0 Å². The van der Waals surface area contributed by atoms with Gasteiger partial charge in [-0.3, -0.25) is 9.89 Å². The molecular formula is C17H25N3O2. The molecule has 5 nitrogen and oxygen atoms in total. The van der Waals surface area contributed by atoms with Gasteiger partial charge in [0, 0.05) is 25.1 Å². The Labute approximate surface area is 131 Å². The lowest BCUT2D eigenvalue weighted by Crippen LogP contribution is -2.39. The van der Waals surface area contributed by atoms with E-state index in [2.05, 4.69) is 31.0 Å². The molecule has 0 bridgehead atoms. The van der Waals surface area contributed by atoms with Crippen molar-refractivity contribution >= 4 is 16.8 Å². The largest absolute Gasteiger partial charge is 0.396 e. The molecule has 0 fully saturated rings. The molecule has 0 saturated carbocycles. The van der Waals surface area contributed by atoms with E-state index in [-0.39, 0.29) is 17.9 Å². The first-order chi connectivity index (χ1) is 10.3. The first-order valence-corrected chi connectivity index (χ1v) is 7.67. The molecule has 0 atom stereocenters. The second-order valence-corrected chi connectivity index (χ2v) is 6.99. The van der Waals surface area contributed by atoms with Crippen LogP contribution in [-0.2, 0) is 0 Å². The lowest BCUT2D eigenvalue weighted by atomic mass is 9.95. The van der Waals surface area contributed by atoms with Crippen LogP contribution in [0.4, 0.5) is 0 Å². The zero-order valence-electron chi connectivity index (χ0n) is 13.8. The first kappa shape index (κ1) is 16.5. The number of carbonyl (C=O) groups is 1. The molecule has 0 aliphatic rings. The molecule has 0 radical (unpaired) electrons. The van der Waals surface area contributed by atoms with Crippen LogP contribution < -0.4 is 0 Å². The third-order valence-electron chi connectivity index (χ3n) is 3.46. The van der Waals surface area contributed by atoms with Gasteiger partial charge in [-0.15, -0.1) is 0 Å². The maximum absolute atomic E-state index is 12.9. The highest BCUT2D eigenvalue weighted by molar-refractivity contribution is 6.04. The number of nitrogens with one attached hydrogen (secondary N) is 1. The molecule has 120 valence electrons. The molecule has 2 rings (SSSR count). The first-order valence-electron chi connectivity index (χ1n) is 7.67. The number of benzene rings is 1. The van der Waals surface area contributed by atoms with Crippen molar-refractivity contribution in [3.05, 3.63) is 29.5 Å². The van der Waals surface area contributed by atoms with E-state index >= 15 is 0 Å². The third kappa shape index (κ3) is 3.85. The van der Waals surface area contributed by atoms with Crippen LogP contribution in [0, 0.1) is 12.3 Å². The minimum absolute atomic E-state index is 0.00680. The van der Waals surface area contributed by atoms with Crippen LogP contribution >= 0.6 is 0 Å². The summed E-state index contributed by atoms with van der Waals surface area (Å²) in [6.07, 6.45) is 0.573. The zero-order valence-corrected chi connectivity index (χ0v) is 13.8. The van der Waals surface area contributed by atoms with Gasteiger partial charge in [-0.2, -0.15) is 5.10 Å². The summed E-state index contributed by atoms with van der Waals surface area (Å²) < 4.78 is 0. The number of rotatable bonds is 5. The summed E-state index contributed by atoms with van der Waals surface area (Å²) in [4.78, 5) is 14.7. The van der Waals surface area contributed by atoms with E-state index in [1.165, 1.54) is 0 Å². The van der Waals surface area contributed by atoms with Crippen molar-refractivity contribution in [1.82, 2.24) is 15.1 Å². The average molecular weight is 303 g/mol. The quantitative estimate of drug-likeness (QED) is 0.892. The Morgan fingerprint density at radius 1 is 1.36 bits per heavy atom. The number of hydrogen-bond acceptors (Lipinski definition) is 3. The number of fused-ring (bicyclic) bond motifs is 1.